The minimum atomic E-state index is 1.07. The second-order valence-electron chi connectivity index (χ2n) is 6.07. The van der Waals surface area contributed by atoms with Crippen molar-refractivity contribution in [2.24, 2.45) is 0 Å². The molecule has 2 aromatic rings. The fraction of sp³-hybridized carbons (Fsp3) is 0.300. The minimum absolute atomic E-state index is 1.07. The fourth-order valence-electron chi connectivity index (χ4n) is 2.86. The largest absolute Gasteiger partial charge is 0.309 e. The lowest BCUT2D eigenvalue weighted by molar-refractivity contribution is 0.417. The molecule has 0 aliphatic carbocycles. The Labute approximate surface area is 148 Å². The second kappa shape index (κ2) is 7.61. The molecule has 0 N–H and O–H groups in total. The van der Waals surface area contributed by atoms with Gasteiger partial charge in [0, 0.05) is 22.1 Å². The molecule has 0 amide bonds. The average molecular weight is 342 g/mol. The lowest BCUT2D eigenvalue weighted by Crippen LogP contribution is -2.12. The van der Waals surface area contributed by atoms with Crippen molar-refractivity contribution in [2.45, 2.75) is 22.0 Å². The normalized spacial score (nSPS) is 14.9. The van der Waals surface area contributed by atoms with Gasteiger partial charge >= 0.3 is 0 Å². The van der Waals surface area contributed by atoms with Crippen molar-refractivity contribution in [1.82, 2.24) is 4.90 Å². The quantitative estimate of drug-likeness (QED) is 0.612. The molecule has 23 heavy (non-hydrogen) atoms. The standard InChI is InChI=1S/C20H23NS2/c1-21(2)12-6-8-16-17-7-4-5-9-19(17)23-20-11-10-15(14-22-3)13-18(16)20/h4-5,7-11,13H,6,12,14H2,1-3H3. The van der Waals surface area contributed by atoms with Crippen LogP contribution in [0.2, 0.25) is 0 Å². The first-order chi connectivity index (χ1) is 11.2. The molecule has 0 bridgehead atoms. The number of hydrogen-bond acceptors (Lipinski definition) is 3. The minimum Gasteiger partial charge on any atom is -0.309 e. The molecule has 3 heteroatoms. The first-order valence-electron chi connectivity index (χ1n) is 7.93. The van der Waals surface area contributed by atoms with Gasteiger partial charge in [-0.2, -0.15) is 11.8 Å². The van der Waals surface area contributed by atoms with Crippen LogP contribution < -0.4 is 0 Å². The third-order valence-corrected chi connectivity index (χ3v) is 5.74. The Bertz CT molecular complexity index is 719. The smallest absolute Gasteiger partial charge is 0.0201 e. The van der Waals surface area contributed by atoms with Gasteiger partial charge in [-0.25, -0.2) is 0 Å². The molecule has 0 unspecified atom stereocenters. The molecule has 0 atom stereocenters. The first-order valence-corrected chi connectivity index (χ1v) is 10.1. The van der Waals surface area contributed by atoms with E-state index in [1.807, 2.05) is 23.5 Å². The zero-order valence-electron chi connectivity index (χ0n) is 14.0. The maximum absolute atomic E-state index is 2.42. The maximum atomic E-state index is 2.42. The van der Waals surface area contributed by atoms with Crippen molar-refractivity contribution < 1.29 is 0 Å². The van der Waals surface area contributed by atoms with Crippen molar-refractivity contribution in [2.75, 3.05) is 26.9 Å². The van der Waals surface area contributed by atoms with E-state index in [1.54, 1.807) is 0 Å². The summed E-state index contributed by atoms with van der Waals surface area (Å²) in [6, 6.07) is 15.7. The first kappa shape index (κ1) is 16.7. The van der Waals surface area contributed by atoms with E-state index in [2.05, 4.69) is 73.8 Å². The molecular formula is C20H23NS2. The Morgan fingerprint density at radius 3 is 2.61 bits per heavy atom. The fourth-order valence-corrected chi connectivity index (χ4v) is 4.46. The third-order valence-electron chi connectivity index (χ3n) is 3.97. The summed E-state index contributed by atoms with van der Waals surface area (Å²) in [6.45, 7) is 1.08. The van der Waals surface area contributed by atoms with E-state index < -0.39 is 0 Å². The summed E-state index contributed by atoms with van der Waals surface area (Å²) in [5.41, 5.74) is 5.60. The van der Waals surface area contributed by atoms with E-state index in [1.165, 1.54) is 32.1 Å². The second-order valence-corrected chi connectivity index (χ2v) is 8.02. The Morgan fingerprint density at radius 2 is 1.83 bits per heavy atom. The third kappa shape index (κ3) is 3.85. The molecule has 1 heterocycles. The molecule has 0 saturated heterocycles. The topological polar surface area (TPSA) is 3.24 Å². The summed E-state index contributed by atoms with van der Waals surface area (Å²) in [5.74, 6) is 1.07. The maximum Gasteiger partial charge on any atom is 0.0201 e. The summed E-state index contributed by atoms with van der Waals surface area (Å²) in [7, 11) is 4.27. The van der Waals surface area contributed by atoms with Gasteiger partial charge < -0.3 is 4.90 Å². The zero-order valence-corrected chi connectivity index (χ0v) is 15.6. The van der Waals surface area contributed by atoms with Crippen LogP contribution in [0.3, 0.4) is 0 Å². The van der Waals surface area contributed by atoms with E-state index >= 15 is 0 Å². The molecule has 2 aromatic carbocycles. The Morgan fingerprint density at radius 1 is 1.04 bits per heavy atom. The molecule has 120 valence electrons. The molecule has 0 aromatic heterocycles. The Hall–Kier alpha value is -1.16. The predicted octanol–water partition coefficient (Wildman–Crippen LogP) is 5.40. The molecule has 3 rings (SSSR count). The van der Waals surface area contributed by atoms with Gasteiger partial charge in [-0.05, 0) is 67.2 Å². The number of nitrogens with zero attached hydrogens (tertiary/aromatic N) is 1. The molecule has 1 aliphatic rings. The van der Waals surface area contributed by atoms with Crippen LogP contribution in [-0.2, 0) is 5.75 Å². The Kier molecular flexibility index (Phi) is 5.52. The van der Waals surface area contributed by atoms with E-state index in [0.717, 1.165) is 18.7 Å². The molecule has 0 radical (unpaired) electrons. The van der Waals surface area contributed by atoms with E-state index in [4.69, 9.17) is 0 Å². The molecule has 1 aliphatic heterocycles. The average Bonchev–Trinajstić information content (AvgIpc) is 2.54. The van der Waals surface area contributed by atoms with Gasteiger partial charge in [0.2, 0.25) is 0 Å². The van der Waals surface area contributed by atoms with Gasteiger partial charge in [0.25, 0.3) is 0 Å². The van der Waals surface area contributed by atoms with Crippen LogP contribution in [0.15, 0.2) is 58.3 Å². The van der Waals surface area contributed by atoms with E-state index in [-0.39, 0.29) is 0 Å². The number of fused-ring (bicyclic) bond motifs is 2. The van der Waals surface area contributed by atoms with Gasteiger partial charge in [-0.3, -0.25) is 0 Å². The van der Waals surface area contributed by atoms with Crippen LogP contribution in [-0.4, -0.2) is 31.8 Å². The van der Waals surface area contributed by atoms with Crippen molar-refractivity contribution >= 4 is 29.1 Å². The van der Waals surface area contributed by atoms with Crippen LogP contribution in [0.25, 0.3) is 5.57 Å². The lowest BCUT2D eigenvalue weighted by Gasteiger charge is -2.23. The number of thioether (sulfide) groups is 1. The van der Waals surface area contributed by atoms with Gasteiger partial charge in [-0.1, -0.05) is 42.1 Å². The van der Waals surface area contributed by atoms with E-state index in [9.17, 15) is 0 Å². The highest BCUT2D eigenvalue weighted by atomic mass is 32.2. The van der Waals surface area contributed by atoms with Crippen molar-refractivity contribution in [3.05, 3.63) is 65.2 Å². The van der Waals surface area contributed by atoms with Crippen molar-refractivity contribution in [3.8, 4) is 0 Å². The molecule has 1 nitrogen and oxygen atoms in total. The predicted molar refractivity (Wildman–Crippen MR) is 104 cm³/mol. The molecule has 0 spiro atoms. The van der Waals surface area contributed by atoms with Crippen molar-refractivity contribution in [1.29, 1.82) is 0 Å². The highest BCUT2D eigenvalue weighted by Crippen LogP contribution is 2.45. The van der Waals surface area contributed by atoms with Gasteiger partial charge in [0.15, 0.2) is 0 Å². The molecule has 0 saturated carbocycles. The van der Waals surface area contributed by atoms with Gasteiger partial charge in [0.1, 0.15) is 0 Å². The van der Waals surface area contributed by atoms with Crippen LogP contribution in [0, 0.1) is 0 Å². The molecule has 0 fully saturated rings. The summed E-state index contributed by atoms with van der Waals surface area (Å²) in [5, 5.41) is 0. The lowest BCUT2D eigenvalue weighted by atomic mass is 9.95. The summed E-state index contributed by atoms with van der Waals surface area (Å²) >= 11 is 3.78. The van der Waals surface area contributed by atoms with Crippen LogP contribution >= 0.6 is 23.5 Å². The van der Waals surface area contributed by atoms with Crippen LogP contribution in [0.4, 0.5) is 0 Å². The van der Waals surface area contributed by atoms with Gasteiger partial charge in [-0.15, -0.1) is 0 Å². The number of hydrogen-bond donors (Lipinski definition) is 0. The SMILES string of the molecule is CSCc1ccc2c(c1)C(=CCCN(C)C)c1ccccc1S2. The Balaban J connectivity index is 2.03. The highest BCUT2D eigenvalue weighted by Gasteiger charge is 2.20. The zero-order chi connectivity index (χ0) is 16.2. The number of rotatable bonds is 5. The summed E-state index contributed by atoms with van der Waals surface area (Å²) < 4.78 is 0. The van der Waals surface area contributed by atoms with E-state index in [0.29, 0.717) is 0 Å². The van der Waals surface area contributed by atoms with Crippen LogP contribution in [0.5, 0.6) is 0 Å². The summed E-state index contributed by atoms with van der Waals surface area (Å²) in [4.78, 5) is 4.99. The highest BCUT2D eigenvalue weighted by molar-refractivity contribution is 7.99. The van der Waals surface area contributed by atoms with Crippen LogP contribution in [0.1, 0.15) is 23.1 Å². The number of benzene rings is 2. The summed E-state index contributed by atoms with van der Waals surface area (Å²) in [6.07, 6.45) is 5.66. The van der Waals surface area contributed by atoms with Gasteiger partial charge in [0.05, 0.1) is 0 Å². The molecular weight excluding hydrogens is 318 g/mol. The van der Waals surface area contributed by atoms with Crippen molar-refractivity contribution in [3.63, 3.8) is 0 Å². The monoisotopic (exact) mass is 341 g/mol.